The molecule has 0 radical (unpaired) electrons. The molecule has 0 saturated carbocycles. The second-order valence-corrected chi connectivity index (χ2v) is 5.57. The fourth-order valence-corrected chi connectivity index (χ4v) is 2.44. The van der Waals surface area contributed by atoms with Crippen molar-refractivity contribution in [2.24, 2.45) is 0 Å². The maximum atomic E-state index is 12.8. The van der Waals surface area contributed by atoms with Crippen molar-refractivity contribution < 1.29 is 27.4 Å². The van der Waals surface area contributed by atoms with Crippen LogP contribution in [-0.4, -0.2) is 19.2 Å². The van der Waals surface area contributed by atoms with E-state index in [2.05, 4.69) is 10.6 Å². The zero-order valence-corrected chi connectivity index (χ0v) is 13.4. The minimum absolute atomic E-state index is 0.00853. The fourth-order valence-electron chi connectivity index (χ4n) is 2.21. The maximum absolute atomic E-state index is 12.8. The van der Waals surface area contributed by atoms with Gasteiger partial charge in [0.1, 0.15) is 0 Å². The second-order valence-electron chi connectivity index (χ2n) is 5.16. The Balaban J connectivity index is 1.61. The van der Waals surface area contributed by atoms with Gasteiger partial charge in [0.2, 0.25) is 12.7 Å². The Morgan fingerprint density at radius 3 is 2.56 bits per heavy atom. The summed E-state index contributed by atoms with van der Waals surface area (Å²) in [6, 6.07) is 8.24. The summed E-state index contributed by atoms with van der Waals surface area (Å²) in [4.78, 5) is 11.9. The molecule has 0 fully saturated rings. The lowest BCUT2D eigenvalue weighted by atomic mass is 10.2. The van der Waals surface area contributed by atoms with Crippen LogP contribution in [0.2, 0.25) is 5.02 Å². The molecule has 0 aliphatic carbocycles. The molecule has 1 amide bonds. The van der Waals surface area contributed by atoms with Crippen molar-refractivity contribution in [3.8, 4) is 11.5 Å². The van der Waals surface area contributed by atoms with Crippen LogP contribution in [0.15, 0.2) is 36.4 Å². The third-order valence-corrected chi connectivity index (χ3v) is 3.71. The highest BCUT2D eigenvalue weighted by molar-refractivity contribution is 6.31. The van der Waals surface area contributed by atoms with E-state index in [1.807, 2.05) is 0 Å². The first kappa shape index (κ1) is 17.2. The zero-order chi connectivity index (χ0) is 18.0. The van der Waals surface area contributed by atoms with Crippen LogP contribution in [0.3, 0.4) is 0 Å². The first-order valence-electron chi connectivity index (χ1n) is 7.13. The quantitative estimate of drug-likeness (QED) is 0.847. The average molecular weight is 373 g/mol. The number of carbonyl (C=O) groups is 1. The van der Waals surface area contributed by atoms with Crippen LogP contribution in [0, 0.1) is 0 Å². The molecule has 132 valence electrons. The summed E-state index contributed by atoms with van der Waals surface area (Å²) in [5.74, 6) is 0.655. The van der Waals surface area contributed by atoms with Gasteiger partial charge >= 0.3 is 6.18 Å². The SMILES string of the molecule is O=C(CNc1ccc2c(c1)OCO2)Nc1ccc(Cl)c(C(F)(F)F)c1. The lowest BCUT2D eigenvalue weighted by Crippen LogP contribution is -2.22. The van der Waals surface area contributed by atoms with E-state index in [0.29, 0.717) is 17.2 Å². The third kappa shape index (κ3) is 4.08. The van der Waals surface area contributed by atoms with Gasteiger partial charge in [-0.15, -0.1) is 0 Å². The molecule has 2 N–H and O–H groups in total. The third-order valence-electron chi connectivity index (χ3n) is 3.38. The molecule has 1 heterocycles. The summed E-state index contributed by atoms with van der Waals surface area (Å²) >= 11 is 5.54. The largest absolute Gasteiger partial charge is 0.454 e. The summed E-state index contributed by atoms with van der Waals surface area (Å²) in [6.07, 6.45) is -4.59. The van der Waals surface area contributed by atoms with Gasteiger partial charge in [-0.2, -0.15) is 13.2 Å². The predicted molar refractivity (Wildman–Crippen MR) is 86.1 cm³/mol. The Hall–Kier alpha value is -2.61. The molecule has 3 rings (SSSR count). The minimum atomic E-state index is -4.59. The highest BCUT2D eigenvalue weighted by Crippen LogP contribution is 2.36. The fraction of sp³-hybridized carbons (Fsp3) is 0.188. The number of carbonyl (C=O) groups excluding carboxylic acids is 1. The Morgan fingerprint density at radius 2 is 1.80 bits per heavy atom. The van der Waals surface area contributed by atoms with Gasteiger partial charge in [0.25, 0.3) is 0 Å². The summed E-state index contributed by atoms with van der Waals surface area (Å²) in [7, 11) is 0. The van der Waals surface area contributed by atoms with Crippen molar-refractivity contribution in [3.05, 3.63) is 47.0 Å². The number of rotatable bonds is 4. The Bertz CT molecular complexity index is 812. The Morgan fingerprint density at radius 1 is 1.08 bits per heavy atom. The van der Waals surface area contributed by atoms with Gasteiger partial charge in [0.05, 0.1) is 17.1 Å². The molecule has 0 aromatic heterocycles. The number of hydrogen-bond donors (Lipinski definition) is 2. The van der Waals surface area contributed by atoms with Crippen molar-refractivity contribution in [1.82, 2.24) is 0 Å². The lowest BCUT2D eigenvalue weighted by molar-refractivity contribution is -0.137. The number of amides is 1. The van der Waals surface area contributed by atoms with E-state index in [0.717, 1.165) is 12.1 Å². The van der Waals surface area contributed by atoms with E-state index in [9.17, 15) is 18.0 Å². The summed E-state index contributed by atoms with van der Waals surface area (Å²) in [6.45, 7) is 0.000992. The second kappa shape index (κ2) is 6.72. The van der Waals surface area contributed by atoms with Gasteiger partial charge in [0, 0.05) is 17.4 Å². The molecule has 9 heteroatoms. The average Bonchev–Trinajstić information content (AvgIpc) is 3.01. The first-order valence-corrected chi connectivity index (χ1v) is 7.51. The van der Waals surface area contributed by atoms with Gasteiger partial charge in [-0.1, -0.05) is 11.6 Å². The van der Waals surface area contributed by atoms with Crippen LogP contribution in [0.4, 0.5) is 24.5 Å². The zero-order valence-electron chi connectivity index (χ0n) is 12.6. The highest BCUT2D eigenvalue weighted by atomic mass is 35.5. The summed E-state index contributed by atoms with van der Waals surface area (Å²) in [5, 5.41) is 4.82. The number of hydrogen-bond acceptors (Lipinski definition) is 4. The molecular weight excluding hydrogens is 361 g/mol. The number of ether oxygens (including phenoxy) is 2. The van der Waals surface area contributed by atoms with Crippen LogP contribution in [0.1, 0.15) is 5.56 Å². The molecule has 0 atom stereocenters. The number of halogens is 4. The van der Waals surface area contributed by atoms with Crippen LogP contribution in [0.5, 0.6) is 11.5 Å². The van der Waals surface area contributed by atoms with Crippen LogP contribution < -0.4 is 20.1 Å². The van der Waals surface area contributed by atoms with E-state index in [1.165, 1.54) is 6.07 Å². The number of alkyl halides is 3. The van der Waals surface area contributed by atoms with Gasteiger partial charge in [0.15, 0.2) is 11.5 Å². The smallest absolute Gasteiger partial charge is 0.417 e. The molecule has 0 bridgehead atoms. The highest BCUT2D eigenvalue weighted by Gasteiger charge is 2.33. The maximum Gasteiger partial charge on any atom is 0.417 e. The molecule has 1 aliphatic rings. The van der Waals surface area contributed by atoms with Crippen LogP contribution >= 0.6 is 11.6 Å². The monoisotopic (exact) mass is 372 g/mol. The van der Waals surface area contributed by atoms with Crippen molar-refractivity contribution in [1.29, 1.82) is 0 Å². The van der Waals surface area contributed by atoms with Crippen LogP contribution in [-0.2, 0) is 11.0 Å². The molecule has 0 unspecified atom stereocenters. The summed E-state index contributed by atoms with van der Waals surface area (Å²) in [5.41, 5.74) is -0.378. The Labute approximate surface area is 145 Å². The van der Waals surface area contributed by atoms with Gasteiger partial charge in [-0.05, 0) is 30.3 Å². The van der Waals surface area contributed by atoms with Crippen molar-refractivity contribution in [2.45, 2.75) is 6.18 Å². The number of anilines is 2. The van der Waals surface area contributed by atoms with Gasteiger partial charge < -0.3 is 20.1 Å². The predicted octanol–water partition coefficient (Wildman–Crippen LogP) is 4.14. The standard InChI is InChI=1S/C16H12ClF3N2O3/c17-12-3-1-10(5-11(12)16(18,19)20)22-15(23)7-21-9-2-4-13-14(6-9)25-8-24-13/h1-6,21H,7-8H2,(H,22,23). The number of nitrogens with one attached hydrogen (secondary N) is 2. The topological polar surface area (TPSA) is 59.6 Å². The molecule has 0 spiro atoms. The molecule has 25 heavy (non-hydrogen) atoms. The van der Waals surface area contributed by atoms with E-state index in [4.69, 9.17) is 21.1 Å². The first-order chi connectivity index (χ1) is 11.8. The molecule has 2 aromatic carbocycles. The van der Waals surface area contributed by atoms with E-state index in [1.54, 1.807) is 18.2 Å². The molecular formula is C16H12ClF3N2O3. The molecule has 0 saturated heterocycles. The molecule has 5 nitrogen and oxygen atoms in total. The van der Waals surface area contributed by atoms with E-state index in [-0.39, 0.29) is 19.0 Å². The number of benzene rings is 2. The normalized spacial score (nSPS) is 12.8. The van der Waals surface area contributed by atoms with Crippen molar-refractivity contribution >= 4 is 28.9 Å². The van der Waals surface area contributed by atoms with Gasteiger partial charge in [-0.3, -0.25) is 4.79 Å². The molecule has 1 aliphatic heterocycles. The van der Waals surface area contributed by atoms with Crippen LogP contribution in [0.25, 0.3) is 0 Å². The van der Waals surface area contributed by atoms with E-state index >= 15 is 0 Å². The van der Waals surface area contributed by atoms with E-state index < -0.39 is 22.7 Å². The Kier molecular flexibility index (Phi) is 4.63. The lowest BCUT2D eigenvalue weighted by Gasteiger charge is -2.12. The number of fused-ring (bicyclic) bond motifs is 1. The minimum Gasteiger partial charge on any atom is -0.454 e. The summed E-state index contributed by atoms with van der Waals surface area (Å²) < 4.78 is 48.8. The molecule has 2 aromatic rings. The van der Waals surface area contributed by atoms with Gasteiger partial charge in [-0.25, -0.2) is 0 Å². The van der Waals surface area contributed by atoms with Crippen molar-refractivity contribution in [3.63, 3.8) is 0 Å². The van der Waals surface area contributed by atoms with Crippen molar-refractivity contribution in [2.75, 3.05) is 24.0 Å².